The fourth-order valence-electron chi connectivity index (χ4n) is 1.39. The largest absolute Gasteiger partial charge is 0.433 e. The lowest BCUT2D eigenvalue weighted by Crippen LogP contribution is -2.10. The van der Waals surface area contributed by atoms with Crippen LogP contribution in [0.2, 0.25) is 0 Å². The quantitative estimate of drug-likeness (QED) is 0.765. The second kappa shape index (κ2) is 3.94. The predicted molar refractivity (Wildman–Crippen MR) is 53.3 cm³/mol. The maximum Gasteiger partial charge on any atom is 0.433 e. The lowest BCUT2D eigenvalue weighted by Gasteiger charge is -2.08. The topological polar surface area (TPSA) is 41.6 Å². The first-order valence-corrected chi connectivity index (χ1v) is 4.64. The Morgan fingerprint density at radius 2 is 1.94 bits per heavy atom. The maximum atomic E-state index is 12.5. The summed E-state index contributed by atoms with van der Waals surface area (Å²) < 4.78 is 38.7. The molecule has 0 aliphatic rings. The molecule has 0 aliphatic carbocycles. The third-order valence-electron chi connectivity index (χ3n) is 2.13. The van der Waals surface area contributed by atoms with Crippen molar-refractivity contribution in [3.05, 3.63) is 47.9 Å². The van der Waals surface area contributed by atoms with Gasteiger partial charge < -0.3 is 0 Å². The van der Waals surface area contributed by atoms with E-state index in [4.69, 9.17) is 5.26 Å². The van der Waals surface area contributed by atoms with Crippen LogP contribution in [0.4, 0.5) is 13.2 Å². The summed E-state index contributed by atoms with van der Waals surface area (Å²) >= 11 is 0. The van der Waals surface area contributed by atoms with Crippen molar-refractivity contribution in [2.45, 2.75) is 6.18 Å². The number of halogens is 3. The molecule has 6 heteroatoms. The smallest absolute Gasteiger partial charge is 0.293 e. The van der Waals surface area contributed by atoms with Crippen LogP contribution in [0.15, 0.2) is 36.5 Å². The van der Waals surface area contributed by atoms with Crippen molar-refractivity contribution in [1.29, 1.82) is 5.26 Å². The van der Waals surface area contributed by atoms with Crippen LogP contribution in [0.25, 0.3) is 5.82 Å². The number of nitrogens with zero attached hydrogens (tertiary/aromatic N) is 3. The van der Waals surface area contributed by atoms with E-state index in [9.17, 15) is 13.2 Å². The molecule has 2 aromatic heterocycles. The second-order valence-corrected chi connectivity index (χ2v) is 3.25. The summed E-state index contributed by atoms with van der Waals surface area (Å²) in [4.78, 5) is 3.48. The highest BCUT2D eigenvalue weighted by Crippen LogP contribution is 2.28. The van der Waals surface area contributed by atoms with Gasteiger partial charge in [0.1, 0.15) is 23.3 Å². The molecule has 0 amide bonds. The molecule has 2 heterocycles. The molecule has 0 N–H and O–H groups in total. The highest BCUT2D eigenvalue weighted by Gasteiger charge is 2.32. The normalized spacial score (nSPS) is 11.2. The van der Waals surface area contributed by atoms with Crippen LogP contribution in [-0.4, -0.2) is 9.55 Å². The first-order chi connectivity index (χ1) is 8.02. The molecule has 0 radical (unpaired) electrons. The highest BCUT2D eigenvalue weighted by atomic mass is 19.4. The average Bonchev–Trinajstić information content (AvgIpc) is 2.76. The molecule has 3 nitrogen and oxygen atoms in total. The Morgan fingerprint density at radius 3 is 2.59 bits per heavy atom. The van der Waals surface area contributed by atoms with Gasteiger partial charge in [-0.15, -0.1) is 0 Å². The molecule has 0 saturated heterocycles. The number of pyridine rings is 1. The standard InChI is InChI=1S/C11H6F3N3/c12-11(13,14)9-4-1-5-10(16-9)17-6-2-3-8(17)7-15/h1-6H. The fourth-order valence-corrected chi connectivity index (χ4v) is 1.39. The molecule has 0 atom stereocenters. The van der Waals surface area contributed by atoms with Crippen molar-refractivity contribution in [2.24, 2.45) is 0 Å². The Labute approximate surface area is 94.7 Å². The van der Waals surface area contributed by atoms with E-state index >= 15 is 0 Å². The first kappa shape index (κ1) is 11.2. The minimum atomic E-state index is -4.49. The van der Waals surface area contributed by atoms with E-state index in [0.29, 0.717) is 0 Å². The van der Waals surface area contributed by atoms with Crippen molar-refractivity contribution in [3.63, 3.8) is 0 Å². The molecule has 0 unspecified atom stereocenters. The first-order valence-electron chi connectivity index (χ1n) is 4.64. The molecule has 0 saturated carbocycles. The van der Waals surface area contributed by atoms with Crippen molar-refractivity contribution in [2.75, 3.05) is 0 Å². The third-order valence-corrected chi connectivity index (χ3v) is 2.13. The van der Waals surface area contributed by atoms with E-state index in [1.807, 2.05) is 6.07 Å². The van der Waals surface area contributed by atoms with Gasteiger partial charge in [0.25, 0.3) is 0 Å². The van der Waals surface area contributed by atoms with Crippen molar-refractivity contribution >= 4 is 0 Å². The summed E-state index contributed by atoms with van der Waals surface area (Å²) in [6, 6.07) is 8.50. The van der Waals surface area contributed by atoms with Gasteiger partial charge in [0.15, 0.2) is 0 Å². The molecular weight excluding hydrogens is 231 g/mol. The number of nitriles is 1. The van der Waals surface area contributed by atoms with E-state index in [-0.39, 0.29) is 11.5 Å². The van der Waals surface area contributed by atoms with Gasteiger partial charge in [0.05, 0.1) is 0 Å². The number of hydrogen-bond acceptors (Lipinski definition) is 2. The van der Waals surface area contributed by atoms with Crippen LogP contribution in [0.5, 0.6) is 0 Å². The molecule has 0 fully saturated rings. The van der Waals surface area contributed by atoms with Crippen LogP contribution in [0.3, 0.4) is 0 Å². The van der Waals surface area contributed by atoms with E-state index in [1.54, 1.807) is 6.07 Å². The molecule has 0 aromatic carbocycles. The summed E-state index contributed by atoms with van der Waals surface area (Å²) in [5, 5.41) is 8.78. The molecule has 0 bridgehead atoms. The molecule has 0 aliphatic heterocycles. The van der Waals surface area contributed by atoms with Gasteiger partial charge in [0.2, 0.25) is 0 Å². The van der Waals surface area contributed by atoms with Gasteiger partial charge in [-0.25, -0.2) is 4.98 Å². The van der Waals surface area contributed by atoms with Crippen molar-refractivity contribution in [3.8, 4) is 11.9 Å². The molecule has 86 valence electrons. The molecule has 2 aromatic rings. The van der Waals surface area contributed by atoms with Gasteiger partial charge in [-0.2, -0.15) is 18.4 Å². The van der Waals surface area contributed by atoms with E-state index in [1.165, 1.54) is 29.0 Å². The lowest BCUT2D eigenvalue weighted by molar-refractivity contribution is -0.141. The minimum Gasteiger partial charge on any atom is -0.293 e. The van der Waals surface area contributed by atoms with Crippen LogP contribution >= 0.6 is 0 Å². The number of aromatic nitrogens is 2. The average molecular weight is 237 g/mol. The Hall–Kier alpha value is -2.29. The van der Waals surface area contributed by atoms with Crippen molar-refractivity contribution < 1.29 is 13.2 Å². The lowest BCUT2D eigenvalue weighted by atomic mass is 10.3. The number of hydrogen-bond donors (Lipinski definition) is 0. The van der Waals surface area contributed by atoms with Gasteiger partial charge in [-0.3, -0.25) is 4.57 Å². The molecule has 2 rings (SSSR count). The third kappa shape index (κ3) is 2.13. The Bertz CT molecular complexity index is 578. The number of rotatable bonds is 1. The summed E-state index contributed by atoms with van der Waals surface area (Å²) in [5.41, 5.74) is -0.746. The van der Waals surface area contributed by atoms with Gasteiger partial charge in [0, 0.05) is 6.20 Å². The SMILES string of the molecule is N#Cc1cccn1-c1cccc(C(F)(F)F)n1. The minimum absolute atomic E-state index is 0.0707. The predicted octanol–water partition coefficient (Wildman–Crippen LogP) is 2.76. The zero-order chi connectivity index (χ0) is 12.5. The Morgan fingerprint density at radius 1 is 1.18 bits per heavy atom. The summed E-state index contributed by atoms with van der Waals surface area (Å²) in [5.74, 6) is 0.0707. The Kier molecular flexibility index (Phi) is 2.60. The summed E-state index contributed by atoms with van der Waals surface area (Å²) in [7, 11) is 0. The summed E-state index contributed by atoms with van der Waals surface area (Å²) in [6.45, 7) is 0. The van der Waals surface area contributed by atoms with E-state index in [2.05, 4.69) is 4.98 Å². The van der Waals surface area contributed by atoms with Gasteiger partial charge in [-0.05, 0) is 24.3 Å². The zero-order valence-electron chi connectivity index (χ0n) is 8.44. The highest BCUT2D eigenvalue weighted by molar-refractivity contribution is 5.34. The second-order valence-electron chi connectivity index (χ2n) is 3.25. The van der Waals surface area contributed by atoms with Gasteiger partial charge >= 0.3 is 6.18 Å². The van der Waals surface area contributed by atoms with Crippen LogP contribution in [0, 0.1) is 11.3 Å². The van der Waals surface area contributed by atoms with Crippen LogP contribution in [-0.2, 0) is 6.18 Å². The zero-order valence-corrected chi connectivity index (χ0v) is 8.44. The molecule has 0 spiro atoms. The molecular formula is C11H6F3N3. The monoisotopic (exact) mass is 237 g/mol. The van der Waals surface area contributed by atoms with Gasteiger partial charge in [-0.1, -0.05) is 6.07 Å². The maximum absolute atomic E-state index is 12.5. The Balaban J connectivity index is 2.52. The van der Waals surface area contributed by atoms with Crippen molar-refractivity contribution in [1.82, 2.24) is 9.55 Å². The molecule has 17 heavy (non-hydrogen) atoms. The van der Waals surface area contributed by atoms with E-state index < -0.39 is 11.9 Å². The van der Waals surface area contributed by atoms with Crippen LogP contribution < -0.4 is 0 Å². The summed E-state index contributed by atoms with van der Waals surface area (Å²) in [6.07, 6.45) is -3.00. The van der Waals surface area contributed by atoms with Crippen LogP contribution in [0.1, 0.15) is 11.4 Å². The van der Waals surface area contributed by atoms with E-state index in [0.717, 1.165) is 6.07 Å². The fraction of sp³-hybridized carbons (Fsp3) is 0.0909. The number of alkyl halides is 3.